The van der Waals surface area contributed by atoms with Crippen molar-refractivity contribution < 1.29 is 14.7 Å². The molecule has 0 saturated carbocycles. The molecule has 0 saturated heterocycles. The number of hydrogen-bond acceptors (Lipinski definition) is 3. The van der Waals surface area contributed by atoms with Gasteiger partial charge in [-0.25, -0.2) is 0 Å². The molecule has 104 valence electrons. The Balaban J connectivity index is 3.03. The van der Waals surface area contributed by atoms with Crippen LogP contribution in [-0.4, -0.2) is 39.0 Å². The number of nitrogens with zero attached hydrogens (tertiary/aromatic N) is 2. The van der Waals surface area contributed by atoms with Crippen LogP contribution >= 0.6 is 0 Å². The minimum atomic E-state index is -0.973. The third-order valence-corrected chi connectivity index (χ3v) is 2.80. The molecule has 1 aromatic rings. The second-order valence-corrected chi connectivity index (χ2v) is 4.57. The minimum absolute atomic E-state index is 0.0593. The summed E-state index contributed by atoms with van der Waals surface area (Å²) in [7, 11) is 1.57. The highest BCUT2D eigenvalue weighted by atomic mass is 16.4. The van der Waals surface area contributed by atoms with Crippen LogP contribution in [0.1, 0.15) is 30.6 Å². The van der Waals surface area contributed by atoms with Crippen LogP contribution in [-0.2, 0) is 11.8 Å². The lowest BCUT2D eigenvalue weighted by molar-refractivity contribution is -0.137. The molecule has 1 heterocycles. The lowest BCUT2D eigenvalue weighted by atomic mass is 10.2. The first-order valence-corrected chi connectivity index (χ1v) is 6.03. The summed E-state index contributed by atoms with van der Waals surface area (Å²) in [5.74, 6) is -1.41. The second-order valence-electron chi connectivity index (χ2n) is 4.57. The Hall–Kier alpha value is -2.11. The molecule has 0 aromatic carbocycles. The Labute approximate surface area is 111 Å². The van der Waals surface area contributed by atoms with Crippen LogP contribution in [0.5, 0.6) is 0 Å². The van der Waals surface area contributed by atoms with E-state index in [1.807, 2.05) is 0 Å². The second kappa shape index (κ2) is 6.17. The molecule has 6 heteroatoms. The summed E-state index contributed by atoms with van der Waals surface area (Å²) >= 11 is 0. The maximum atomic E-state index is 12.3. The van der Waals surface area contributed by atoms with Gasteiger partial charge in [0.05, 0.1) is 6.42 Å². The zero-order valence-corrected chi connectivity index (χ0v) is 11.3. The van der Waals surface area contributed by atoms with Crippen LogP contribution < -0.4 is 5.56 Å². The van der Waals surface area contributed by atoms with Crippen molar-refractivity contribution in [1.29, 1.82) is 0 Å². The van der Waals surface area contributed by atoms with Gasteiger partial charge in [-0.1, -0.05) is 0 Å². The van der Waals surface area contributed by atoms with Crippen LogP contribution in [0.15, 0.2) is 23.1 Å². The summed E-state index contributed by atoms with van der Waals surface area (Å²) in [4.78, 5) is 36.2. The molecular weight excluding hydrogens is 248 g/mol. The SMILES string of the molecule is CC(C)N(CCC(=O)O)C(=O)c1cccn(C)c1=O. The largest absolute Gasteiger partial charge is 0.481 e. The van der Waals surface area contributed by atoms with Crippen molar-refractivity contribution in [2.75, 3.05) is 6.54 Å². The van der Waals surface area contributed by atoms with Gasteiger partial charge in [-0.15, -0.1) is 0 Å². The first kappa shape index (κ1) is 14.9. The minimum Gasteiger partial charge on any atom is -0.481 e. The fourth-order valence-corrected chi connectivity index (χ4v) is 1.73. The van der Waals surface area contributed by atoms with Gasteiger partial charge in [0.15, 0.2) is 0 Å². The highest BCUT2D eigenvalue weighted by molar-refractivity contribution is 5.94. The number of rotatable bonds is 5. The fourth-order valence-electron chi connectivity index (χ4n) is 1.73. The van der Waals surface area contributed by atoms with E-state index in [-0.39, 0.29) is 30.1 Å². The van der Waals surface area contributed by atoms with Crippen LogP contribution in [0.25, 0.3) is 0 Å². The molecule has 1 aromatic heterocycles. The molecule has 1 N–H and O–H groups in total. The van der Waals surface area contributed by atoms with Crippen molar-refractivity contribution in [3.05, 3.63) is 34.2 Å². The topological polar surface area (TPSA) is 79.6 Å². The van der Waals surface area contributed by atoms with Gasteiger partial charge in [-0.3, -0.25) is 14.4 Å². The summed E-state index contributed by atoms with van der Waals surface area (Å²) in [6.45, 7) is 3.66. The monoisotopic (exact) mass is 266 g/mol. The molecule has 0 aliphatic carbocycles. The Bertz CT molecular complexity index is 534. The van der Waals surface area contributed by atoms with E-state index >= 15 is 0 Å². The molecule has 0 bridgehead atoms. The number of carbonyl (C=O) groups is 2. The highest BCUT2D eigenvalue weighted by Gasteiger charge is 2.22. The Morgan fingerprint density at radius 3 is 2.58 bits per heavy atom. The van der Waals surface area contributed by atoms with Crippen molar-refractivity contribution in [3.8, 4) is 0 Å². The van der Waals surface area contributed by atoms with Gasteiger partial charge in [0.2, 0.25) is 0 Å². The van der Waals surface area contributed by atoms with E-state index in [2.05, 4.69) is 0 Å². The summed E-state index contributed by atoms with van der Waals surface area (Å²) in [6, 6.07) is 2.90. The maximum Gasteiger partial charge on any atom is 0.305 e. The van der Waals surface area contributed by atoms with Crippen molar-refractivity contribution >= 4 is 11.9 Å². The number of carbonyl (C=O) groups excluding carboxylic acids is 1. The first-order chi connectivity index (χ1) is 8.84. The van der Waals surface area contributed by atoms with E-state index in [4.69, 9.17) is 5.11 Å². The van der Waals surface area contributed by atoms with Crippen molar-refractivity contribution in [3.63, 3.8) is 0 Å². The first-order valence-electron chi connectivity index (χ1n) is 6.03. The van der Waals surface area contributed by atoms with E-state index in [1.165, 1.54) is 15.5 Å². The Morgan fingerprint density at radius 1 is 1.42 bits per heavy atom. The summed E-state index contributed by atoms with van der Waals surface area (Å²) in [5, 5.41) is 8.69. The van der Waals surface area contributed by atoms with Gasteiger partial charge < -0.3 is 14.6 Å². The smallest absolute Gasteiger partial charge is 0.305 e. The van der Waals surface area contributed by atoms with Gasteiger partial charge >= 0.3 is 5.97 Å². The van der Waals surface area contributed by atoms with E-state index in [0.29, 0.717) is 0 Å². The van der Waals surface area contributed by atoms with Gasteiger partial charge in [-0.2, -0.15) is 0 Å². The zero-order valence-electron chi connectivity index (χ0n) is 11.3. The van der Waals surface area contributed by atoms with E-state index in [0.717, 1.165) is 0 Å². The van der Waals surface area contributed by atoms with Crippen molar-refractivity contribution in [1.82, 2.24) is 9.47 Å². The van der Waals surface area contributed by atoms with Gasteiger partial charge in [-0.05, 0) is 26.0 Å². The molecule has 0 aliphatic rings. The van der Waals surface area contributed by atoms with Gasteiger partial charge in [0, 0.05) is 25.8 Å². The number of carboxylic acid groups (broad SMARTS) is 1. The predicted octanol–water partition coefficient (Wildman–Crippen LogP) is 0.711. The van der Waals surface area contributed by atoms with Gasteiger partial charge in [0.25, 0.3) is 11.5 Å². The quantitative estimate of drug-likeness (QED) is 0.851. The summed E-state index contributed by atoms with van der Waals surface area (Å²) < 4.78 is 1.32. The van der Waals surface area contributed by atoms with E-state index in [1.54, 1.807) is 33.2 Å². The maximum absolute atomic E-state index is 12.3. The Morgan fingerprint density at radius 2 is 2.05 bits per heavy atom. The molecule has 0 spiro atoms. The van der Waals surface area contributed by atoms with Crippen LogP contribution in [0.2, 0.25) is 0 Å². The van der Waals surface area contributed by atoms with Crippen LogP contribution in [0.4, 0.5) is 0 Å². The average molecular weight is 266 g/mol. The number of aryl methyl sites for hydroxylation is 1. The third-order valence-electron chi connectivity index (χ3n) is 2.80. The lowest BCUT2D eigenvalue weighted by Gasteiger charge is -2.26. The molecule has 0 aliphatic heterocycles. The summed E-state index contributed by atoms with van der Waals surface area (Å²) in [6.07, 6.45) is 1.42. The molecule has 1 amide bonds. The lowest BCUT2D eigenvalue weighted by Crippen LogP contribution is -2.41. The molecular formula is C13H18N2O4. The van der Waals surface area contributed by atoms with Crippen LogP contribution in [0, 0.1) is 0 Å². The molecule has 0 radical (unpaired) electrons. The average Bonchev–Trinajstić information content (AvgIpc) is 2.31. The van der Waals surface area contributed by atoms with Crippen LogP contribution in [0.3, 0.4) is 0 Å². The number of carboxylic acids is 1. The predicted molar refractivity (Wildman–Crippen MR) is 70.1 cm³/mol. The highest BCUT2D eigenvalue weighted by Crippen LogP contribution is 2.06. The molecule has 0 fully saturated rings. The molecule has 6 nitrogen and oxygen atoms in total. The van der Waals surface area contributed by atoms with Gasteiger partial charge in [0.1, 0.15) is 5.56 Å². The zero-order chi connectivity index (χ0) is 14.6. The number of pyridine rings is 1. The van der Waals surface area contributed by atoms with E-state index < -0.39 is 11.9 Å². The summed E-state index contributed by atoms with van der Waals surface area (Å²) in [5.41, 5.74) is -0.322. The Kier molecular flexibility index (Phi) is 4.86. The normalized spacial score (nSPS) is 10.5. The third kappa shape index (κ3) is 3.67. The molecule has 1 rings (SSSR count). The number of hydrogen-bond donors (Lipinski definition) is 1. The van der Waals surface area contributed by atoms with Crippen molar-refractivity contribution in [2.45, 2.75) is 26.3 Å². The number of aromatic nitrogens is 1. The fraction of sp³-hybridized carbons (Fsp3) is 0.462. The van der Waals surface area contributed by atoms with E-state index in [9.17, 15) is 14.4 Å². The number of amides is 1. The molecule has 0 unspecified atom stereocenters. The standard InChI is InChI=1S/C13H18N2O4/c1-9(2)15(8-6-11(16)17)13(19)10-5-4-7-14(3)12(10)18/h4-5,7,9H,6,8H2,1-3H3,(H,16,17). The molecule has 19 heavy (non-hydrogen) atoms. The molecule has 0 atom stereocenters. The number of aliphatic carboxylic acids is 1. The van der Waals surface area contributed by atoms with Crippen molar-refractivity contribution in [2.24, 2.45) is 7.05 Å².